The summed E-state index contributed by atoms with van der Waals surface area (Å²) in [5, 5.41) is 2.35. The molecule has 8 heteroatoms. The topological polar surface area (TPSA) is 105 Å². The molecule has 3 amide bonds. The van der Waals surface area contributed by atoms with Crippen LogP contribution in [0.25, 0.3) is 0 Å². The van der Waals surface area contributed by atoms with E-state index in [1.165, 1.54) is 0 Å². The van der Waals surface area contributed by atoms with E-state index in [9.17, 15) is 14.4 Å². The van der Waals surface area contributed by atoms with Gasteiger partial charge in [-0.25, -0.2) is 0 Å². The number of ether oxygens (including phenoxy) is 1. The largest absolute Gasteiger partial charge is 0.376 e. The molecule has 0 aliphatic carbocycles. The predicted molar refractivity (Wildman–Crippen MR) is 101 cm³/mol. The summed E-state index contributed by atoms with van der Waals surface area (Å²) in [6.45, 7) is 4.11. The quantitative estimate of drug-likeness (QED) is 0.690. The van der Waals surface area contributed by atoms with Gasteiger partial charge in [-0.15, -0.1) is 0 Å². The Morgan fingerprint density at radius 1 is 1.25 bits per heavy atom. The van der Waals surface area contributed by atoms with E-state index in [2.05, 4.69) is 10.2 Å². The van der Waals surface area contributed by atoms with Crippen molar-refractivity contribution in [1.82, 2.24) is 15.1 Å². The Bertz CT molecular complexity index is 794. The van der Waals surface area contributed by atoms with Crippen LogP contribution in [0.5, 0.6) is 0 Å². The summed E-state index contributed by atoms with van der Waals surface area (Å²) in [5.74, 6) is -0.781. The number of nitrogens with one attached hydrogen (secondary N) is 1. The van der Waals surface area contributed by atoms with Crippen molar-refractivity contribution in [3.63, 3.8) is 0 Å². The first-order valence-electron chi connectivity index (χ1n) is 9.86. The maximum Gasteiger partial charge on any atom is 0.255 e. The van der Waals surface area contributed by atoms with Crippen LogP contribution >= 0.6 is 0 Å². The average Bonchev–Trinajstić information content (AvgIpc) is 3.00. The van der Waals surface area contributed by atoms with Gasteiger partial charge in [0.25, 0.3) is 5.91 Å². The smallest absolute Gasteiger partial charge is 0.255 e. The molecule has 0 spiro atoms. The lowest BCUT2D eigenvalue weighted by Crippen LogP contribution is -2.52. The first-order chi connectivity index (χ1) is 13.6. The molecule has 150 valence electrons. The second-order valence-corrected chi connectivity index (χ2v) is 7.65. The maximum absolute atomic E-state index is 12.9. The molecule has 8 nitrogen and oxygen atoms in total. The highest BCUT2D eigenvalue weighted by atomic mass is 16.5. The molecule has 2 unspecified atom stereocenters. The van der Waals surface area contributed by atoms with Crippen LogP contribution < -0.4 is 11.1 Å². The lowest BCUT2D eigenvalue weighted by atomic mass is 10.0. The SMILES string of the molecule is NCCC1CN(Cc2cccc3c2CN(C2CCC(=O)NC2=O)C3=O)CCO1. The van der Waals surface area contributed by atoms with E-state index in [-0.39, 0.29) is 30.2 Å². The Labute approximate surface area is 164 Å². The molecule has 3 N–H and O–H groups in total. The molecule has 0 aromatic heterocycles. The normalized spacial score (nSPS) is 25.8. The van der Waals surface area contributed by atoms with Crippen molar-refractivity contribution in [2.75, 3.05) is 26.2 Å². The van der Waals surface area contributed by atoms with Crippen molar-refractivity contribution in [2.45, 2.75) is 44.5 Å². The molecule has 3 aliphatic rings. The molecular weight excluding hydrogens is 360 g/mol. The predicted octanol–water partition coefficient (Wildman–Crippen LogP) is -0.00280. The summed E-state index contributed by atoms with van der Waals surface area (Å²) >= 11 is 0. The second-order valence-electron chi connectivity index (χ2n) is 7.65. The molecule has 3 heterocycles. The van der Waals surface area contributed by atoms with Gasteiger partial charge in [-0.05, 0) is 36.6 Å². The van der Waals surface area contributed by atoms with Gasteiger partial charge >= 0.3 is 0 Å². The zero-order valence-corrected chi connectivity index (χ0v) is 15.9. The van der Waals surface area contributed by atoms with Crippen LogP contribution in [0, 0.1) is 0 Å². The molecule has 0 saturated carbocycles. The molecule has 2 atom stereocenters. The van der Waals surface area contributed by atoms with E-state index < -0.39 is 6.04 Å². The molecule has 2 fully saturated rings. The van der Waals surface area contributed by atoms with Crippen molar-refractivity contribution < 1.29 is 19.1 Å². The number of carbonyl (C=O) groups excluding carboxylic acids is 3. The molecule has 1 aromatic rings. The minimum atomic E-state index is -0.581. The molecule has 2 saturated heterocycles. The zero-order valence-electron chi connectivity index (χ0n) is 15.9. The van der Waals surface area contributed by atoms with Gasteiger partial charge in [0, 0.05) is 38.2 Å². The highest BCUT2D eigenvalue weighted by molar-refractivity contribution is 6.05. The first kappa shape index (κ1) is 19.0. The van der Waals surface area contributed by atoms with Gasteiger partial charge in [-0.1, -0.05) is 12.1 Å². The minimum absolute atomic E-state index is 0.130. The highest BCUT2D eigenvalue weighted by Gasteiger charge is 2.39. The average molecular weight is 386 g/mol. The number of nitrogens with zero attached hydrogens (tertiary/aromatic N) is 2. The van der Waals surface area contributed by atoms with E-state index in [4.69, 9.17) is 10.5 Å². The van der Waals surface area contributed by atoms with Gasteiger partial charge in [-0.3, -0.25) is 24.6 Å². The Balaban J connectivity index is 1.50. The number of hydrogen-bond donors (Lipinski definition) is 2. The van der Waals surface area contributed by atoms with E-state index in [0.717, 1.165) is 37.2 Å². The summed E-state index contributed by atoms with van der Waals surface area (Å²) in [5.41, 5.74) is 8.41. The van der Waals surface area contributed by atoms with Gasteiger partial charge in [0.2, 0.25) is 11.8 Å². The third kappa shape index (κ3) is 3.67. The summed E-state index contributed by atoms with van der Waals surface area (Å²) in [6.07, 6.45) is 1.63. The fourth-order valence-electron chi connectivity index (χ4n) is 4.32. The number of fused-ring (bicyclic) bond motifs is 1. The number of benzene rings is 1. The standard InChI is InChI=1S/C20H26N4O4/c21-7-6-14-11-23(8-9-28-14)10-13-2-1-3-15-16(13)12-24(20(15)27)17-4-5-18(25)22-19(17)26/h1-3,14,17H,4-12,21H2,(H,22,25,26). The van der Waals surface area contributed by atoms with Gasteiger partial charge in [0.05, 0.1) is 12.7 Å². The molecule has 0 bridgehead atoms. The van der Waals surface area contributed by atoms with Crippen LogP contribution in [0.15, 0.2) is 18.2 Å². The number of amides is 3. The van der Waals surface area contributed by atoms with Gasteiger partial charge < -0.3 is 15.4 Å². The van der Waals surface area contributed by atoms with Crippen LogP contribution in [0.4, 0.5) is 0 Å². The second kappa shape index (κ2) is 7.98. The zero-order chi connectivity index (χ0) is 19.7. The summed E-state index contributed by atoms with van der Waals surface area (Å²) in [7, 11) is 0. The molecule has 28 heavy (non-hydrogen) atoms. The van der Waals surface area contributed by atoms with Crippen LogP contribution in [0.1, 0.15) is 40.7 Å². The third-order valence-corrected chi connectivity index (χ3v) is 5.78. The van der Waals surface area contributed by atoms with E-state index in [1.807, 2.05) is 18.2 Å². The van der Waals surface area contributed by atoms with Crippen molar-refractivity contribution in [3.05, 3.63) is 34.9 Å². The fourth-order valence-corrected chi connectivity index (χ4v) is 4.32. The van der Waals surface area contributed by atoms with Crippen molar-refractivity contribution in [1.29, 1.82) is 0 Å². The number of carbonyl (C=O) groups is 3. The third-order valence-electron chi connectivity index (χ3n) is 5.78. The van der Waals surface area contributed by atoms with Crippen LogP contribution in [-0.2, 0) is 27.4 Å². The number of hydrogen-bond acceptors (Lipinski definition) is 6. The summed E-state index contributed by atoms with van der Waals surface area (Å²) in [4.78, 5) is 40.5. The van der Waals surface area contributed by atoms with Crippen molar-refractivity contribution in [3.8, 4) is 0 Å². The Morgan fingerprint density at radius 2 is 2.11 bits per heavy atom. The lowest BCUT2D eigenvalue weighted by molar-refractivity contribution is -0.136. The number of nitrogens with two attached hydrogens (primary N) is 1. The Kier molecular flexibility index (Phi) is 5.43. The maximum atomic E-state index is 12.9. The fraction of sp³-hybridized carbons (Fsp3) is 0.550. The molecule has 3 aliphatic heterocycles. The van der Waals surface area contributed by atoms with Gasteiger partial charge in [-0.2, -0.15) is 0 Å². The summed E-state index contributed by atoms with van der Waals surface area (Å²) < 4.78 is 5.76. The monoisotopic (exact) mass is 386 g/mol. The molecule has 1 aromatic carbocycles. The number of imide groups is 1. The van der Waals surface area contributed by atoms with Gasteiger partial charge in [0.1, 0.15) is 6.04 Å². The Hall–Kier alpha value is -2.29. The number of morpholine rings is 1. The van der Waals surface area contributed by atoms with Crippen molar-refractivity contribution >= 4 is 17.7 Å². The first-order valence-corrected chi connectivity index (χ1v) is 9.86. The molecule has 4 rings (SSSR count). The van der Waals surface area contributed by atoms with Crippen LogP contribution in [0.2, 0.25) is 0 Å². The Morgan fingerprint density at radius 3 is 2.89 bits per heavy atom. The van der Waals surface area contributed by atoms with Crippen LogP contribution in [-0.4, -0.2) is 65.9 Å². The minimum Gasteiger partial charge on any atom is -0.376 e. The molecule has 0 radical (unpaired) electrons. The van der Waals surface area contributed by atoms with E-state index in [1.54, 1.807) is 4.90 Å². The number of piperidine rings is 1. The van der Waals surface area contributed by atoms with Crippen LogP contribution in [0.3, 0.4) is 0 Å². The highest BCUT2D eigenvalue weighted by Crippen LogP contribution is 2.30. The summed E-state index contributed by atoms with van der Waals surface area (Å²) in [6, 6.07) is 5.19. The number of rotatable bonds is 5. The molecular formula is C20H26N4O4. The van der Waals surface area contributed by atoms with Crippen molar-refractivity contribution in [2.24, 2.45) is 5.73 Å². The van der Waals surface area contributed by atoms with E-state index in [0.29, 0.717) is 31.7 Å². The lowest BCUT2D eigenvalue weighted by Gasteiger charge is -2.33. The van der Waals surface area contributed by atoms with E-state index >= 15 is 0 Å². The van der Waals surface area contributed by atoms with Gasteiger partial charge in [0.15, 0.2) is 0 Å².